The summed E-state index contributed by atoms with van der Waals surface area (Å²) in [6.07, 6.45) is 2.22. The lowest BCUT2D eigenvalue weighted by Gasteiger charge is -2.11. The van der Waals surface area contributed by atoms with Gasteiger partial charge in [-0.2, -0.15) is 0 Å². The van der Waals surface area contributed by atoms with Gasteiger partial charge in [-0.25, -0.2) is 4.98 Å². The Bertz CT molecular complexity index is 381. The van der Waals surface area contributed by atoms with Gasteiger partial charge in [-0.3, -0.25) is 4.79 Å². The van der Waals surface area contributed by atoms with Crippen LogP contribution in [0, 0.1) is 12.8 Å². The van der Waals surface area contributed by atoms with Crippen LogP contribution in [-0.4, -0.2) is 17.4 Å². The van der Waals surface area contributed by atoms with Crippen molar-refractivity contribution in [1.82, 2.24) is 4.98 Å². The quantitative estimate of drug-likeness (QED) is 0.792. The first-order valence-electron chi connectivity index (χ1n) is 5.17. The zero-order valence-electron chi connectivity index (χ0n) is 9.46. The number of rotatable bonds is 4. The third-order valence-corrected chi connectivity index (χ3v) is 2.72. The molecule has 1 atom stereocenters. The number of hydrogen-bond acceptors (Lipinski definition) is 3. The third-order valence-electron chi connectivity index (χ3n) is 2.33. The number of hydrogen-bond donors (Lipinski definition) is 2. The Morgan fingerprint density at radius 3 is 2.94 bits per heavy atom. The molecule has 0 radical (unpaired) electrons. The highest BCUT2D eigenvalue weighted by molar-refractivity contribution is 6.30. The molecular weight excluding hydrogens is 226 g/mol. The molecule has 0 saturated heterocycles. The summed E-state index contributed by atoms with van der Waals surface area (Å²) in [5, 5.41) is 3.23. The van der Waals surface area contributed by atoms with Crippen LogP contribution in [0.15, 0.2) is 12.3 Å². The highest BCUT2D eigenvalue weighted by Crippen LogP contribution is 2.16. The molecule has 0 saturated carbocycles. The Hall–Kier alpha value is -1.13. The van der Waals surface area contributed by atoms with Crippen LogP contribution in [0.1, 0.15) is 18.9 Å². The fourth-order valence-electron chi connectivity index (χ4n) is 1.27. The van der Waals surface area contributed by atoms with Crippen molar-refractivity contribution in [1.29, 1.82) is 0 Å². The number of nitrogens with two attached hydrogens (primary N) is 1. The van der Waals surface area contributed by atoms with Crippen molar-refractivity contribution in [3.63, 3.8) is 0 Å². The van der Waals surface area contributed by atoms with Crippen LogP contribution < -0.4 is 11.1 Å². The monoisotopic (exact) mass is 241 g/mol. The topological polar surface area (TPSA) is 68.0 Å². The van der Waals surface area contributed by atoms with Gasteiger partial charge in [0.2, 0.25) is 5.91 Å². The van der Waals surface area contributed by atoms with Gasteiger partial charge < -0.3 is 11.1 Å². The third kappa shape index (κ3) is 3.47. The van der Waals surface area contributed by atoms with E-state index in [1.165, 1.54) is 0 Å². The van der Waals surface area contributed by atoms with Gasteiger partial charge in [0.1, 0.15) is 5.15 Å². The second kappa shape index (κ2) is 5.82. The van der Waals surface area contributed by atoms with E-state index in [1.807, 2.05) is 13.8 Å². The molecule has 1 aromatic rings. The average molecular weight is 242 g/mol. The highest BCUT2D eigenvalue weighted by Gasteiger charge is 2.12. The average Bonchev–Trinajstić information content (AvgIpc) is 2.24. The van der Waals surface area contributed by atoms with E-state index in [1.54, 1.807) is 12.3 Å². The second-order valence-corrected chi connectivity index (χ2v) is 4.16. The predicted octanol–water partition coefficient (Wildman–Crippen LogP) is 1.97. The molecule has 0 aromatic carbocycles. The number of aryl methyl sites for hydroxylation is 1. The number of amides is 1. The lowest BCUT2D eigenvalue weighted by molar-refractivity contribution is -0.119. The Labute approximate surface area is 100 Å². The van der Waals surface area contributed by atoms with Crippen molar-refractivity contribution in [2.45, 2.75) is 20.3 Å². The number of aromatic nitrogens is 1. The van der Waals surface area contributed by atoms with Crippen LogP contribution in [0.2, 0.25) is 5.15 Å². The summed E-state index contributed by atoms with van der Waals surface area (Å²) in [7, 11) is 0. The highest BCUT2D eigenvalue weighted by atomic mass is 35.5. The van der Waals surface area contributed by atoms with Gasteiger partial charge in [-0.05, 0) is 31.5 Å². The number of carbonyl (C=O) groups excluding carboxylic acids is 1. The van der Waals surface area contributed by atoms with Crippen molar-refractivity contribution in [2.75, 3.05) is 11.9 Å². The molecule has 1 aromatic heterocycles. The van der Waals surface area contributed by atoms with Crippen molar-refractivity contribution in [3.8, 4) is 0 Å². The number of carbonyl (C=O) groups is 1. The van der Waals surface area contributed by atoms with Crippen LogP contribution >= 0.6 is 11.6 Å². The van der Waals surface area contributed by atoms with Crippen LogP contribution in [0.3, 0.4) is 0 Å². The normalized spacial score (nSPS) is 12.2. The molecule has 5 heteroatoms. The fraction of sp³-hybridized carbons (Fsp3) is 0.455. The molecule has 1 amide bonds. The predicted molar refractivity (Wildman–Crippen MR) is 65.4 cm³/mol. The minimum absolute atomic E-state index is 0.0472. The van der Waals surface area contributed by atoms with Crippen LogP contribution in [0.5, 0.6) is 0 Å². The van der Waals surface area contributed by atoms with E-state index in [9.17, 15) is 4.79 Å². The van der Waals surface area contributed by atoms with E-state index in [-0.39, 0.29) is 11.8 Å². The maximum absolute atomic E-state index is 11.7. The molecule has 0 spiro atoms. The number of nitrogens with zero attached hydrogens (tertiary/aromatic N) is 1. The molecule has 3 N–H and O–H groups in total. The van der Waals surface area contributed by atoms with Gasteiger partial charge in [0, 0.05) is 5.92 Å². The molecule has 1 unspecified atom stereocenters. The Kier molecular flexibility index (Phi) is 4.71. The molecule has 0 aliphatic heterocycles. The molecule has 0 fully saturated rings. The number of pyridine rings is 1. The van der Waals surface area contributed by atoms with Gasteiger partial charge in [0.05, 0.1) is 11.9 Å². The lowest BCUT2D eigenvalue weighted by Crippen LogP contribution is -2.22. The van der Waals surface area contributed by atoms with E-state index in [2.05, 4.69) is 10.3 Å². The first-order chi connectivity index (χ1) is 7.54. The Balaban J connectivity index is 2.66. The summed E-state index contributed by atoms with van der Waals surface area (Å²) in [6, 6.07) is 1.79. The lowest BCUT2D eigenvalue weighted by atomic mass is 10.1. The Morgan fingerprint density at radius 2 is 2.38 bits per heavy atom. The molecular formula is C11H16ClN3O. The summed E-state index contributed by atoms with van der Waals surface area (Å²) < 4.78 is 0. The van der Waals surface area contributed by atoms with Crippen molar-refractivity contribution >= 4 is 23.2 Å². The first-order valence-corrected chi connectivity index (χ1v) is 5.55. The summed E-state index contributed by atoms with van der Waals surface area (Å²) in [6.45, 7) is 4.19. The first kappa shape index (κ1) is 12.9. The maximum atomic E-state index is 11.7. The number of halogens is 1. The molecule has 4 nitrogen and oxygen atoms in total. The largest absolute Gasteiger partial charge is 0.330 e. The molecule has 1 heterocycles. The summed E-state index contributed by atoms with van der Waals surface area (Å²) >= 11 is 5.79. The maximum Gasteiger partial charge on any atom is 0.227 e. The standard InChI is InChI=1S/C11H16ClN3O/c1-7(3-4-13)11(16)15-9-5-8(2)10(12)14-6-9/h5-7H,3-4,13H2,1-2H3,(H,15,16). The van der Waals surface area contributed by atoms with Crippen molar-refractivity contribution < 1.29 is 4.79 Å². The molecule has 88 valence electrons. The summed E-state index contributed by atoms with van der Waals surface area (Å²) in [5.41, 5.74) is 6.90. The van der Waals surface area contributed by atoms with E-state index in [0.717, 1.165) is 5.56 Å². The fourth-order valence-corrected chi connectivity index (χ4v) is 1.38. The summed E-state index contributed by atoms with van der Waals surface area (Å²) in [4.78, 5) is 15.6. The van der Waals surface area contributed by atoms with E-state index in [4.69, 9.17) is 17.3 Å². The second-order valence-electron chi connectivity index (χ2n) is 3.80. The van der Waals surface area contributed by atoms with Crippen LogP contribution in [-0.2, 0) is 4.79 Å². The molecule has 0 aliphatic rings. The SMILES string of the molecule is Cc1cc(NC(=O)C(C)CCN)cnc1Cl. The molecule has 0 bridgehead atoms. The van der Waals surface area contributed by atoms with Gasteiger partial charge in [0.15, 0.2) is 0 Å². The zero-order chi connectivity index (χ0) is 12.1. The molecule has 1 rings (SSSR count). The molecule has 16 heavy (non-hydrogen) atoms. The van der Waals surface area contributed by atoms with Gasteiger partial charge in [0.25, 0.3) is 0 Å². The minimum atomic E-state index is -0.0963. The van der Waals surface area contributed by atoms with E-state index >= 15 is 0 Å². The zero-order valence-corrected chi connectivity index (χ0v) is 10.2. The number of nitrogens with one attached hydrogen (secondary N) is 1. The Morgan fingerprint density at radius 1 is 1.69 bits per heavy atom. The molecule has 0 aliphatic carbocycles. The smallest absolute Gasteiger partial charge is 0.227 e. The van der Waals surface area contributed by atoms with Gasteiger partial charge >= 0.3 is 0 Å². The summed E-state index contributed by atoms with van der Waals surface area (Å²) in [5.74, 6) is -0.144. The van der Waals surface area contributed by atoms with Crippen LogP contribution in [0.4, 0.5) is 5.69 Å². The van der Waals surface area contributed by atoms with E-state index in [0.29, 0.717) is 23.8 Å². The van der Waals surface area contributed by atoms with Gasteiger partial charge in [-0.1, -0.05) is 18.5 Å². The van der Waals surface area contributed by atoms with Crippen molar-refractivity contribution in [3.05, 3.63) is 23.0 Å². The number of anilines is 1. The minimum Gasteiger partial charge on any atom is -0.330 e. The van der Waals surface area contributed by atoms with Crippen LogP contribution in [0.25, 0.3) is 0 Å². The van der Waals surface area contributed by atoms with E-state index < -0.39 is 0 Å². The van der Waals surface area contributed by atoms with Crippen molar-refractivity contribution in [2.24, 2.45) is 11.7 Å². The van der Waals surface area contributed by atoms with Gasteiger partial charge in [-0.15, -0.1) is 0 Å².